The van der Waals surface area contributed by atoms with Crippen LogP contribution >= 0.6 is 15.9 Å². The Bertz CT molecular complexity index is 832. The van der Waals surface area contributed by atoms with Gasteiger partial charge in [-0.15, -0.1) is 0 Å². The van der Waals surface area contributed by atoms with Gasteiger partial charge in [-0.05, 0) is 36.1 Å². The first-order valence-corrected chi connectivity index (χ1v) is 10.2. The van der Waals surface area contributed by atoms with E-state index in [0.29, 0.717) is 30.0 Å². The van der Waals surface area contributed by atoms with Crippen molar-refractivity contribution in [2.75, 3.05) is 20.8 Å². The molecule has 0 saturated carbocycles. The molecule has 2 N–H and O–H groups in total. The van der Waals surface area contributed by atoms with Crippen molar-refractivity contribution in [1.29, 1.82) is 0 Å². The minimum Gasteiger partial charge on any atom is -0.497 e. The van der Waals surface area contributed by atoms with Crippen molar-refractivity contribution < 1.29 is 19.1 Å². The van der Waals surface area contributed by atoms with Crippen LogP contribution in [0.15, 0.2) is 46.9 Å². The van der Waals surface area contributed by atoms with Crippen LogP contribution in [0.25, 0.3) is 0 Å². The second kappa shape index (κ2) is 10.9. The summed E-state index contributed by atoms with van der Waals surface area (Å²) in [5.74, 6) is 0.369. The highest BCUT2D eigenvalue weighted by molar-refractivity contribution is 9.10. The number of methoxy groups -OCH3 is 2. The van der Waals surface area contributed by atoms with Crippen molar-refractivity contribution >= 4 is 27.7 Å². The Morgan fingerprint density at radius 2 is 1.66 bits per heavy atom. The lowest BCUT2D eigenvalue weighted by molar-refractivity contribution is -0.123. The van der Waals surface area contributed by atoms with Crippen LogP contribution in [-0.4, -0.2) is 38.6 Å². The van der Waals surface area contributed by atoms with Crippen LogP contribution in [0, 0.1) is 5.92 Å². The molecule has 2 aromatic rings. The third-order valence-corrected chi connectivity index (χ3v) is 5.27. The second-order valence-electron chi connectivity index (χ2n) is 6.93. The van der Waals surface area contributed by atoms with E-state index >= 15 is 0 Å². The minimum absolute atomic E-state index is 0.0742. The second-order valence-corrected chi connectivity index (χ2v) is 7.78. The summed E-state index contributed by atoms with van der Waals surface area (Å²) >= 11 is 3.51. The number of carbonyl (C=O) groups is 2. The molecule has 0 fully saturated rings. The molecule has 0 radical (unpaired) electrons. The Balaban J connectivity index is 2.02. The van der Waals surface area contributed by atoms with Gasteiger partial charge < -0.3 is 20.1 Å². The van der Waals surface area contributed by atoms with E-state index in [1.807, 2.05) is 38.1 Å². The summed E-state index contributed by atoms with van der Waals surface area (Å²) in [6, 6.07) is 12.1. The zero-order valence-corrected chi connectivity index (χ0v) is 18.7. The van der Waals surface area contributed by atoms with E-state index in [0.717, 1.165) is 10.0 Å². The van der Waals surface area contributed by atoms with Gasteiger partial charge in [-0.1, -0.05) is 48.0 Å². The summed E-state index contributed by atoms with van der Waals surface area (Å²) in [6.45, 7) is 4.27. The predicted octanol–water partition coefficient (Wildman–Crippen LogP) is 3.58. The highest BCUT2D eigenvalue weighted by atomic mass is 79.9. The maximum absolute atomic E-state index is 12.7. The minimum atomic E-state index is -0.654. The number of hydrogen-bond donors (Lipinski definition) is 2. The maximum Gasteiger partial charge on any atom is 0.252 e. The van der Waals surface area contributed by atoms with Crippen LogP contribution in [0.4, 0.5) is 0 Å². The molecular weight excluding hydrogens is 436 g/mol. The van der Waals surface area contributed by atoms with Crippen molar-refractivity contribution in [2.45, 2.75) is 26.3 Å². The topological polar surface area (TPSA) is 76.7 Å². The SMILES string of the molecule is COc1cc(OC)cc(C(=O)NC(C(=O)NCCc2ccccc2Br)C(C)C)c1. The lowest BCUT2D eigenvalue weighted by Gasteiger charge is -2.22. The molecule has 0 aliphatic carbocycles. The number of halogens is 1. The third-order valence-electron chi connectivity index (χ3n) is 4.50. The number of nitrogens with one attached hydrogen (secondary N) is 2. The van der Waals surface area contributed by atoms with Crippen molar-refractivity contribution in [3.05, 3.63) is 58.1 Å². The summed E-state index contributed by atoms with van der Waals surface area (Å²) in [5, 5.41) is 5.74. The van der Waals surface area contributed by atoms with Gasteiger partial charge in [-0.25, -0.2) is 0 Å². The van der Waals surface area contributed by atoms with Gasteiger partial charge in [0.2, 0.25) is 5.91 Å². The van der Waals surface area contributed by atoms with Crippen LogP contribution < -0.4 is 20.1 Å². The molecule has 0 aliphatic heterocycles. The number of hydrogen-bond acceptors (Lipinski definition) is 4. The Morgan fingerprint density at radius 1 is 1.03 bits per heavy atom. The first-order valence-electron chi connectivity index (χ1n) is 9.40. The van der Waals surface area contributed by atoms with E-state index in [-0.39, 0.29) is 17.7 Å². The summed E-state index contributed by atoms with van der Waals surface area (Å²) in [5.41, 5.74) is 1.48. The molecule has 2 aromatic carbocycles. The molecular formula is C22H27BrN2O4. The average molecular weight is 463 g/mol. The highest BCUT2D eigenvalue weighted by Crippen LogP contribution is 2.22. The van der Waals surface area contributed by atoms with Gasteiger partial charge in [-0.2, -0.15) is 0 Å². The van der Waals surface area contributed by atoms with E-state index in [1.165, 1.54) is 14.2 Å². The fourth-order valence-corrected chi connectivity index (χ4v) is 3.31. The molecule has 29 heavy (non-hydrogen) atoms. The molecule has 2 rings (SSSR count). The normalized spacial score (nSPS) is 11.7. The van der Waals surface area contributed by atoms with Crippen LogP contribution in [0.5, 0.6) is 11.5 Å². The Morgan fingerprint density at radius 3 is 2.21 bits per heavy atom. The van der Waals surface area contributed by atoms with Crippen LogP contribution in [0.2, 0.25) is 0 Å². The van der Waals surface area contributed by atoms with E-state index in [2.05, 4.69) is 26.6 Å². The molecule has 0 saturated heterocycles. The zero-order valence-electron chi connectivity index (χ0n) is 17.1. The van der Waals surface area contributed by atoms with Crippen molar-refractivity contribution in [2.24, 2.45) is 5.92 Å². The quantitative estimate of drug-likeness (QED) is 0.596. The molecule has 156 valence electrons. The molecule has 0 bridgehead atoms. The number of amides is 2. The fourth-order valence-electron chi connectivity index (χ4n) is 2.83. The van der Waals surface area contributed by atoms with Crippen molar-refractivity contribution in [3.8, 4) is 11.5 Å². The van der Waals surface area contributed by atoms with Gasteiger partial charge in [0.05, 0.1) is 14.2 Å². The molecule has 6 nitrogen and oxygen atoms in total. The Labute approximate surface area is 180 Å². The van der Waals surface area contributed by atoms with Crippen LogP contribution in [0.3, 0.4) is 0 Å². The summed E-state index contributed by atoms with van der Waals surface area (Å²) < 4.78 is 11.4. The van der Waals surface area contributed by atoms with Gasteiger partial charge in [-0.3, -0.25) is 9.59 Å². The van der Waals surface area contributed by atoms with Gasteiger partial charge >= 0.3 is 0 Å². The average Bonchev–Trinajstić information content (AvgIpc) is 2.72. The molecule has 1 atom stereocenters. The number of benzene rings is 2. The van der Waals surface area contributed by atoms with E-state index in [4.69, 9.17) is 9.47 Å². The lowest BCUT2D eigenvalue weighted by Crippen LogP contribution is -2.50. The van der Waals surface area contributed by atoms with Crippen LogP contribution in [0.1, 0.15) is 29.8 Å². The Kier molecular flexibility index (Phi) is 8.51. The predicted molar refractivity (Wildman–Crippen MR) is 116 cm³/mol. The van der Waals surface area contributed by atoms with Gasteiger partial charge in [0.25, 0.3) is 5.91 Å². The van der Waals surface area contributed by atoms with Crippen LogP contribution in [-0.2, 0) is 11.2 Å². The van der Waals surface area contributed by atoms with Gasteiger partial charge in [0.1, 0.15) is 17.5 Å². The molecule has 7 heteroatoms. The first-order chi connectivity index (χ1) is 13.8. The largest absolute Gasteiger partial charge is 0.497 e. The monoisotopic (exact) mass is 462 g/mol. The van der Waals surface area contributed by atoms with Crippen molar-refractivity contribution in [3.63, 3.8) is 0 Å². The number of ether oxygens (including phenoxy) is 2. The smallest absolute Gasteiger partial charge is 0.252 e. The number of rotatable bonds is 9. The molecule has 1 unspecified atom stereocenters. The summed E-state index contributed by atoms with van der Waals surface area (Å²) in [6.07, 6.45) is 0.693. The maximum atomic E-state index is 12.7. The fraction of sp³-hybridized carbons (Fsp3) is 0.364. The molecule has 0 aliphatic rings. The highest BCUT2D eigenvalue weighted by Gasteiger charge is 2.25. The summed E-state index contributed by atoms with van der Waals surface area (Å²) in [4.78, 5) is 25.4. The molecule has 0 aromatic heterocycles. The molecule has 2 amide bonds. The lowest BCUT2D eigenvalue weighted by atomic mass is 10.0. The van der Waals surface area contributed by atoms with E-state index in [9.17, 15) is 9.59 Å². The summed E-state index contributed by atoms with van der Waals surface area (Å²) in [7, 11) is 3.04. The zero-order chi connectivity index (χ0) is 21.4. The molecule has 0 heterocycles. The van der Waals surface area contributed by atoms with Gasteiger partial charge in [0.15, 0.2) is 0 Å². The number of carbonyl (C=O) groups excluding carboxylic acids is 2. The standard InChI is InChI=1S/C22H27BrN2O4/c1-14(2)20(22(27)24-10-9-15-7-5-6-8-19(15)23)25-21(26)16-11-17(28-3)13-18(12-16)29-4/h5-8,11-14,20H,9-10H2,1-4H3,(H,24,27)(H,25,26). The molecule has 0 spiro atoms. The van der Waals surface area contributed by atoms with Crippen molar-refractivity contribution in [1.82, 2.24) is 10.6 Å². The Hall–Kier alpha value is -2.54. The van der Waals surface area contributed by atoms with E-state index in [1.54, 1.807) is 18.2 Å². The first kappa shape index (κ1) is 22.7. The van der Waals surface area contributed by atoms with E-state index < -0.39 is 6.04 Å². The third kappa shape index (κ3) is 6.49. The van der Waals surface area contributed by atoms with Gasteiger partial charge in [0, 0.05) is 22.6 Å².